The Morgan fingerprint density at radius 1 is 1.08 bits per heavy atom. The minimum Gasteiger partial charge on any atom is -0.335 e. The largest absolute Gasteiger partial charge is 0.335 e. The van der Waals surface area contributed by atoms with Gasteiger partial charge < -0.3 is 10.2 Å². The van der Waals surface area contributed by atoms with Gasteiger partial charge in [0.15, 0.2) is 0 Å². The Morgan fingerprint density at radius 3 is 2.46 bits per heavy atom. The van der Waals surface area contributed by atoms with Crippen molar-refractivity contribution in [3.05, 3.63) is 71.3 Å². The molecule has 0 saturated carbocycles. The molecule has 0 aromatic heterocycles. The highest BCUT2D eigenvalue weighted by molar-refractivity contribution is 5.91. The first-order valence-electron chi connectivity index (χ1n) is 9.32. The minimum absolute atomic E-state index is 0.0763. The monoisotopic (exact) mass is 346 g/mol. The molecule has 1 N–H and O–H groups in total. The van der Waals surface area contributed by atoms with Crippen molar-refractivity contribution in [3.8, 4) is 0 Å². The maximum atomic E-state index is 12.3. The molecule has 1 saturated heterocycles. The lowest BCUT2D eigenvalue weighted by molar-refractivity contribution is -0.118. The zero-order valence-corrected chi connectivity index (χ0v) is 15.9. The van der Waals surface area contributed by atoms with E-state index in [1.807, 2.05) is 6.07 Å². The van der Waals surface area contributed by atoms with E-state index < -0.39 is 5.66 Å². The number of fused-ring (bicyclic) bond motifs is 3. The van der Waals surface area contributed by atoms with Gasteiger partial charge >= 0.3 is 0 Å². The molecular weight excluding hydrogens is 320 g/mol. The summed E-state index contributed by atoms with van der Waals surface area (Å²) in [6.45, 7) is 9.23. The average molecular weight is 346 g/mol. The van der Waals surface area contributed by atoms with Crippen LogP contribution >= 0.6 is 0 Å². The van der Waals surface area contributed by atoms with Crippen LogP contribution in [0.3, 0.4) is 0 Å². The lowest BCUT2D eigenvalue weighted by Crippen LogP contribution is -2.58. The van der Waals surface area contributed by atoms with E-state index >= 15 is 0 Å². The van der Waals surface area contributed by atoms with E-state index in [1.54, 1.807) is 0 Å². The van der Waals surface area contributed by atoms with E-state index in [0.29, 0.717) is 12.5 Å². The first-order chi connectivity index (χ1) is 12.3. The summed E-state index contributed by atoms with van der Waals surface area (Å²) >= 11 is 0. The van der Waals surface area contributed by atoms with Crippen molar-refractivity contribution >= 4 is 17.7 Å². The van der Waals surface area contributed by atoms with E-state index in [1.165, 1.54) is 11.1 Å². The van der Waals surface area contributed by atoms with Crippen LogP contribution < -0.4 is 10.2 Å². The topological polar surface area (TPSA) is 32.3 Å². The van der Waals surface area contributed by atoms with Gasteiger partial charge in [-0.2, -0.15) is 0 Å². The molecule has 2 aliphatic rings. The molecule has 2 aromatic carbocycles. The van der Waals surface area contributed by atoms with Gasteiger partial charge in [-0.25, -0.2) is 0 Å². The minimum atomic E-state index is -0.523. The van der Waals surface area contributed by atoms with Crippen LogP contribution in [0.5, 0.6) is 0 Å². The number of hydrogen-bond acceptors (Lipinski definition) is 2. The van der Waals surface area contributed by atoms with Crippen molar-refractivity contribution < 1.29 is 4.79 Å². The lowest BCUT2D eigenvalue weighted by atomic mass is 9.75. The van der Waals surface area contributed by atoms with E-state index in [2.05, 4.69) is 92.5 Å². The molecule has 3 heteroatoms. The Bertz CT molecular complexity index is 879. The third kappa shape index (κ3) is 2.30. The van der Waals surface area contributed by atoms with E-state index in [9.17, 15) is 4.79 Å². The molecule has 0 radical (unpaired) electrons. The SMILES string of the molecule is CC(C)c1ccc(/C=C/[C@@]23NC(=O)CN2c2ccccc2C3(C)C)cc1. The number of para-hydroxylation sites is 1. The highest BCUT2D eigenvalue weighted by atomic mass is 16.2. The van der Waals surface area contributed by atoms with Gasteiger partial charge in [-0.3, -0.25) is 4.79 Å². The first-order valence-corrected chi connectivity index (χ1v) is 9.32. The number of anilines is 1. The summed E-state index contributed by atoms with van der Waals surface area (Å²) in [4.78, 5) is 14.5. The predicted octanol–water partition coefficient (Wildman–Crippen LogP) is 4.45. The molecule has 2 aliphatic heterocycles. The lowest BCUT2D eigenvalue weighted by Gasteiger charge is -2.40. The number of benzene rings is 2. The zero-order chi connectivity index (χ0) is 18.5. The van der Waals surface area contributed by atoms with Gasteiger partial charge in [0.2, 0.25) is 5.91 Å². The fraction of sp³-hybridized carbons (Fsp3) is 0.348. The molecule has 2 aromatic rings. The quantitative estimate of drug-likeness (QED) is 0.891. The summed E-state index contributed by atoms with van der Waals surface area (Å²) in [6.07, 6.45) is 4.30. The van der Waals surface area contributed by atoms with Crippen LogP contribution in [-0.4, -0.2) is 18.1 Å². The Hall–Kier alpha value is -2.55. The normalized spacial score (nSPS) is 23.4. The van der Waals surface area contributed by atoms with Crippen LogP contribution in [0.4, 0.5) is 5.69 Å². The molecule has 0 aliphatic carbocycles. The molecule has 26 heavy (non-hydrogen) atoms. The zero-order valence-electron chi connectivity index (χ0n) is 15.9. The van der Waals surface area contributed by atoms with Gasteiger partial charge in [0.05, 0.1) is 6.54 Å². The van der Waals surface area contributed by atoms with Crippen molar-refractivity contribution in [1.82, 2.24) is 5.32 Å². The maximum Gasteiger partial charge on any atom is 0.241 e. The molecule has 3 nitrogen and oxygen atoms in total. The Balaban J connectivity index is 1.75. The molecule has 134 valence electrons. The van der Waals surface area contributed by atoms with E-state index in [-0.39, 0.29) is 11.3 Å². The van der Waals surface area contributed by atoms with Crippen LogP contribution in [0.25, 0.3) is 6.08 Å². The molecule has 0 unspecified atom stereocenters. The predicted molar refractivity (Wildman–Crippen MR) is 107 cm³/mol. The summed E-state index contributed by atoms with van der Waals surface area (Å²) in [7, 11) is 0. The number of rotatable bonds is 3. The van der Waals surface area contributed by atoms with Gasteiger partial charge in [0.1, 0.15) is 5.66 Å². The third-order valence-electron chi connectivity index (χ3n) is 6.00. The standard InChI is InChI=1S/C23H26N2O/c1-16(2)18-11-9-17(10-12-18)13-14-23-22(3,4)19-7-5-6-8-20(19)25(23)15-21(26)24-23/h5-14,16H,15H2,1-4H3,(H,24,26)/b14-13+/t23-/m1/s1. The van der Waals surface area contributed by atoms with Crippen molar-refractivity contribution in [2.45, 2.75) is 44.7 Å². The molecule has 4 rings (SSSR count). The number of amides is 1. The summed E-state index contributed by atoms with van der Waals surface area (Å²) in [5.74, 6) is 0.604. The summed E-state index contributed by atoms with van der Waals surface area (Å²) < 4.78 is 0. The molecule has 0 spiro atoms. The Labute approximate surface area is 155 Å². The smallest absolute Gasteiger partial charge is 0.241 e. The van der Waals surface area contributed by atoms with Crippen LogP contribution in [0.1, 0.15) is 50.3 Å². The van der Waals surface area contributed by atoms with Crippen molar-refractivity contribution in [2.24, 2.45) is 0 Å². The van der Waals surface area contributed by atoms with Crippen molar-refractivity contribution in [1.29, 1.82) is 0 Å². The van der Waals surface area contributed by atoms with E-state index in [0.717, 1.165) is 11.3 Å². The van der Waals surface area contributed by atoms with Gasteiger partial charge in [-0.05, 0) is 34.8 Å². The average Bonchev–Trinajstić information content (AvgIpc) is 3.05. The molecule has 1 amide bonds. The molecule has 1 atom stereocenters. The Morgan fingerprint density at radius 2 is 1.77 bits per heavy atom. The molecule has 1 fully saturated rings. The van der Waals surface area contributed by atoms with Gasteiger partial charge in [-0.1, -0.05) is 76.2 Å². The van der Waals surface area contributed by atoms with E-state index in [4.69, 9.17) is 0 Å². The fourth-order valence-corrected chi connectivity index (χ4v) is 4.35. The number of nitrogens with zero attached hydrogens (tertiary/aromatic N) is 1. The van der Waals surface area contributed by atoms with Gasteiger partial charge in [0.25, 0.3) is 0 Å². The van der Waals surface area contributed by atoms with Crippen molar-refractivity contribution in [2.75, 3.05) is 11.4 Å². The second kappa shape index (κ2) is 5.73. The molecule has 0 bridgehead atoms. The summed E-state index contributed by atoms with van der Waals surface area (Å²) in [6, 6.07) is 17.1. The van der Waals surface area contributed by atoms with Gasteiger partial charge in [-0.15, -0.1) is 0 Å². The first kappa shape index (κ1) is 16.9. The number of nitrogens with one attached hydrogen (secondary N) is 1. The molecular formula is C23H26N2O. The maximum absolute atomic E-state index is 12.3. The Kier molecular flexibility index (Phi) is 3.72. The number of carbonyl (C=O) groups is 1. The second-order valence-electron chi connectivity index (χ2n) is 8.20. The number of hydrogen-bond donors (Lipinski definition) is 1. The summed E-state index contributed by atoms with van der Waals surface area (Å²) in [5, 5.41) is 3.27. The third-order valence-corrected chi connectivity index (χ3v) is 6.00. The van der Waals surface area contributed by atoms with Crippen LogP contribution in [0, 0.1) is 0 Å². The highest BCUT2D eigenvalue weighted by Gasteiger charge is 2.59. The van der Waals surface area contributed by atoms with Crippen LogP contribution in [0.2, 0.25) is 0 Å². The molecule has 2 heterocycles. The fourth-order valence-electron chi connectivity index (χ4n) is 4.35. The van der Waals surface area contributed by atoms with Crippen molar-refractivity contribution in [3.63, 3.8) is 0 Å². The summed E-state index contributed by atoms with van der Waals surface area (Å²) in [5.41, 5.74) is 4.17. The second-order valence-corrected chi connectivity index (χ2v) is 8.20. The van der Waals surface area contributed by atoms with Crippen LogP contribution in [0.15, 0.2) is 54.6 Å². The van der Waals surface area contributed by atoms with Gasteiger partial charge in [0, 0.05) is 11.1 Å². The number of carbonyl (C=O) groups excluding carboxylic acids is 1. The van der Waals surface area contributed by atoms with Crippen LogP contribution in [-0.2, 0) is 10.2 Å². The highest BCUT2D eigenvalue weighted by Crippen LogP contribution is 2.52.